The van der Waals surface area contributed by atoms with Crippen LogP contribution in [0.3, 0.4) is 0 Å². The number of aromatic nitrogens is 2. The van der Waals surface area contributed by atoms with E-state index in [2.05, 4.69) is 31.2 Å². The van der Waals surface area contributed by atoms with Gasteiger partial charge >= 0.3 is 0 Å². The summed E-state index contributed by atoms with van der Waals surface area (Å²) < 4.78 is 13.7. The van der Waals surface area contributed by atoms with Crippen molar-refractivity contribution < 1.29 is 4.39 Å². The van der Waals surface area contributed by atoms with E-state index in [4.69, 9.17) is 11.6 Å². The first-order valence-corrected chi connectivity index (χ1v) is 5.52. The van der Waals surface area contributed by atoms with Crippen molar-refractivity contribution in [3.63, 3.8) is 0 Å². The van der Waals surface area contributed by atoms with Crippen LogP contribution >= 0.6 is 27.5 Å². The van der Waals surface area contributed by atoms with Crippen molar-refractivity contribution in [2.24, 2.45) is 0 Å². The molecule has 0 saturated heterocycles. The van der Waals surface area contributed by atoms with Gasteiger partial charge in [0.1, 0.15) is 12.1 Å². The zero-order chi connectivity index (χ0) is 11.5. The van der Waals surface area contributed by atoms with Gasteiger partial charge < -0.3 is 5.32 Å². The molecule has 0 unspecified atom stereocenters. The van der Waals surface area contributed by atoms with Crippen molar-refractivity contribution in [2.45, 2.75) is 0 Å². The van der Waals surface area contributed by atoms with Crippen LogP contribution in [-0.4, -0.2) is 9.97 Å². The summed E-state index contributed by atoms with van der Waals surface area (Å²) in [5.41, 5.74) is 0.647. The van der Waals surface area contributed by atoms with E-state index >= 15 is 0 Å². The molecule has 0 fully saturated rings. The molecule has 0 bridgehead atoms. The quantitative estimate of drug-likeness (QED) is 0.858. The second kappa shape index (κ2) is 4.76. The smallest absolute Gasteiger partial charge is 0.218 e. The van der Waals surface area contributed by atoms with Crippen molar-refractivity contribution in [3.8, 4) is 0 Å². The van der Waals surface area contributed by atoms with Crippen molar-refractivity contribution >= 4 is 39.0 Å². The summed E-state index contributed by atoms with van der Waals surface area (Å²) in [5, 5.41) is 3.43. The molecule has 0 aliphatic carbocycles. The maximum atomic E-state index is 12.8. The van der Waals surface area contributed by atoms with Gasteiger partial charge in [-0.3, -0.25) is 0 Å². The number of rotatable bonds is 2. The molecule has 82 valence electrons. The second-order valence-corrected chi connectivity index (χ2v) is 4.30. The van der Waals surface area contributed by atoms with E-state index in [-0.39, 0.29) is 0 Å². The lowest BCUT2D eigenvalue weighted by molar-refractivity contribution is 0.580. The van der Waals surface area contributed by atoms with Crippen LogP contribution in [0.25, 0.3) is 0 Å². The SMILES string of the molecule is Fc1cc(Nc2cc(Br)ccc2Cl)ncn1. The molecule has 0 aliphatic heterocycles. The fourth-order valence-corrected chi connectivity index (χ4v) is 1.66. The Kier molecular flexibility index (Phi) is 3.36. The molecule has 0 saturated carbocycles. The molecule has 0 radical (unpaired) electrons. The molecule has 2 aromatic rings. The molecule has 0 amide bonds. The van der Waals surface area contributed by atoms with Crippen LogP contribution in [0.1, 0.15) is 0 Å². The second-order valence-electron chi connectivity index (χ2n) is 2.98. The van der Waals surface area contributed by atoms with Crippen molar-refractivity contribution in [1.29, 1.82) is 0 Å². The highest BCUT2D eigenvalue weighted by molar-refractivity contribution is 9.10. The van der Waals surface area contributed by atoms with E-state index in [1.807, 2.05) is 6.07 Å². The molecule has 16 heavy (non-hydrogen) atoms. The Morgan fingerprint density at radius 1 is 1.25 bits per heavy atom. The van der Waals surface area contributed by atoms with E-state index in [0.717, 1.165) is 10.8 Å². The normalized spacial score (nSPS) is 10.2. The molecule has 0 atom stereocenters. The molecule has 1 aromatic carbocycles. The van der Waals surface area contributed by atoms with Crippen molar-refractivity contribution in [3.05, 3.63) is 46.0 Å². The highest BCUT2D eigenvalue weighted by Gasteiger charge is 2.03. The minimum Gasteiger partial charge on any atom is -0.339 e. The summed E-state index contributed by atoms with van der Waals surface area (Å²) in [7, 11) is 0. The molecule has 3 nitrogen and oxygen atoms in total. The third kappa shape index (κ3) is 2.68. The average molecular weight is 303 g/mol. The van der Waals surface area contributed by atoms with Gasteiger partial charge in [-0.15, -0.1) is 0 Å². The summed E-state index contributed by atoms with van der Waals surface area (Å²) in [6, 6.07) is 6.51. The number of hydrogen-bond acceptors (Lipinski definition) is 3. The summed E-state index contributed by atoms with van der Waals surface area (Å²) in [6.45, 7) is 0. The number of nitrogens with zero attached hydrogens (tertiary/aromatic N) is 2. The Morgan fingerprint density at radius 3 is 2.81 bits per heavy atom. The molecule has 6 heteroatoms. The molecule has 1 aromatic heterocycles. The Hall–Kier alpha value is -1.20. The predicted octanol–water partition coefficient (Wildman–Crippen LogP) is 3.78. The third-order valence-corrected chi connectivity index (χ3v) is 2.65. The monoisotopic (exact) mass is 301 g/mol. The van der Waals surface area contributed by atoms with Gasteiger partial charge in [-0.05, 0) is 18.2 Å². The first-order valence-electron chi connectivity index (χ1n) is 4.35. The van der Waals surface area contributed by atoms with Crippen LogP contribution in [0, 0.1) is 5.95 Å². The van der Waals surface area contributed by atoms with Gasteiger partial charge in [0.25, 0.3) is 0 Å². The predicted molar refractivity (Wildman–Crippen MR) is 64.4 cm³/mol. The Labute approximate surface area is 105 Å². The highest BCUT2D eigenvalue weighted by atomic mass is 79.9. The Bertz CT molecular complexity index is 521. The molecular formula is C10H6BrClFN3. The first-order chi connectivity index (χ1) is 7.65. The van der Waals surface area contributed by atoms with Crippen LogP contribution in [0.5, 0.6) is 0 Å². The van der Waals surface area contributed by atoms with Gasteiger partial charge in [-0.25, -0.2) is 9.97 Å². The van der Waals surface area contributed by atoms with Crippen LogP contribution in [-0.2, 0) is 0 Å². The number of hydrogen-bond donors (Lipinski definition) is 1. The van der Waals surface area contributed by atoms with Gasteiger partial charge in [0, 0.05) is 10.5 Å². The number of benzene rings is 1. The lowest BCUT2D eigenvalue weighted by atomic mass is 10.3. The molecule has 1 heterocycles. The standard InChI is InChI=1S/C10H6BrClFN3/c11-6-1-2-7(12)8(3-6)16-10-4-9(13)14-5-15-10/h1-5H,(H,14,15,16). The lowest BCUT2D eigenvalue weighted by Crippen LogP contribution is -1.96. The fraction of sp³-hybridized carbons (Fsp3) is 0. The lowest BCUT2D eigenvalue weighted by Gasteiger charge is -2.07. The zero-order valence-electron chi connectivity index (χ0n) is 7.92. The summed E-state index contributed by atoms with van der Waals surface area (Å²) in [5.74, 6) is -0.240. The highest BCUT2D eigenvalue weighted by Crippen LogP contribution is 2.27. The van der Waals surface area contributed by atoms with Crippen LogP contribution in [0.15, 0.2) is 35.1 Å². The number of nitrogens with one attached hydrogen (secondary N) is 1. The molecule has 1 N–H and O–H groups in total. The number of anilines is 2. The van der Waals surface area contributed by atoms with Gasteiger partial charge in [0.15, 0.2) is 0 Å². The van der Waals surface area contributed by atoms with E-state index in [0.29, 0.717) is 16.5 Å². The molecule has 0 spiro atoms. The van der Waals surface area contributed by atoms with Crippen molar-refractivity contribution in [1.82, 2.24) is 9.97 Å². The third-order valence-electron chi connectivity index (χ3n) is 1.82. The minimum atomic E-state index is -0.594. The maximum absolute atomic E-state index is 12.8. The van der Waals surface area contributed by atoms with Gasteiger partial charge in [0.05, 0.1) is 10.7 Å². The Morgan fingerprint density at radius 2 is 2.06 bits per heavy atom. The van der Waals surface area contributed by atoms with Crippen molar-refractivity contribution in [2.75, 3.05) is 5.32 Å². The summed E-state index contributed by atoms with van der Waals surface area (Å²) in [4.78, 5) is 7.23. The van der Waals surface area contributed by atoms with Crippen LogP contribution in [0.4, 0.5) is 15.9 Å². The summed E-state index contributed by atoms with van der Waals surface area (Å²) >= 11 is 9.28. The minimum absolute atomic E-state index is 0.354. The van der Waals surface area contributed by atoms with E-state index in [9.17, 15) is 4.39 Å². The Balaban J connectivity index is 2.30. The van der Waals surface area contributed by atoms with Gasteiger partial charge in [-0.1, -0.05) is 27.5 Å². The topological polar surface area (TPSA) is 37.8 Å². The average Bonchev–Trinajstić information content (AvgIpc) is 2.24. The molecule has 0 aliphatic rings. The summed E-state index contributed by atoms with van der Waals surface area (Å²) in [6.07, 6.45) is 1.14. The maximum Gasteiger partial charge on any atom is 0.218 e. The van der Waals surface area contributed by atoms with E-state index in [1.54, 1.807) is 12.1 Å². The van der Waals surface area contributed by atoms with Gasteiger partial charge in [-0.2, -0.15) is 4.39 Å². The largest absolute Gasteiger partial charge is 0.339 e. The van der Waals surface area contributed by atoms with Gasteiger partial charge in [0.2, 0.25) is 5.95 Å². The van der Waals surface area contributed by atoms with E-state index < -0.39 is 5.95 Å². The number of halogens is 3. The fourth-order valence-electron chi connectivity index (χ4n) is 1.13. The zero-order valence-corrected chi connectivity index (χ0v) is 10.3. The molecule has 2 rings (SSSR count). The first kappa shape index (κ1) is 11.3. The van der Waals surface area contributed by atoms with Crippen LogP contribution < -0.4 is 5.32 Å². The van der Waals surface area contributed by atoms with E-state index in [1.165, 1.54) is 6.07 Å². The van der Waals surface area contributed by atoms with Crippen LogP contribution in [0.2, 0.25) is 5.02 Å². The molecular weight excluding hydrogens is 296 g/mol.